The number of aliphatic hydroxyl groups is 1. The summed E-state index contributed by atoms with van der Waals surface area (Å²) < 4.78 is 0. The van der Waals surface area contributed by atoms with Crippen LogP contribution in [0.2, 0.25) is 0 Å². The van der Waals surface area contributed by atoms with Crippen LogP contribution in [0.3, 0.4) is 0 Å². The molecule has 1 atom stereocenters. The van der Waals surface area contributed by atoms with Crippen LogP contribution in [-0.4, -0.2) is 34.2 Å². The Morgan fingerprint density at radius 2 is 2.21 bits per heavy atom. The molecule has 0 aliphatic carbocycles. The lowest BCUT2D eigenvalue weighted by atomic mass is 9.88. The molecule has 2 heterocycles. The highest BCUT2D eigenvalue weighted by Gasteiger charge is 2.24. The number of unbranched alkanes of at least 4 members (excludes halogenated alkanes) is 1. The summed E-state index contributed by atoms with van der Waals surface area (Å²) in [6, 6.07) is 4.13. The third-order valence-corrected chi connectivity index (χ3v) is 4.16. The number of piperidine rings is 1. The van der Waals surface area contributed by atoms with Gasteiger partial charge >= 0.3 is 0 Å². The van der Waals surface area contributed by atoms with E-state index in [1.54, 1.807) is 0 Å². The predicted octanol–water partition coefficient (Wildman–Crippen LogP) is 2.84. The maximum absolute atomic E-state index is 10.2. The average Bonchev–Trinajstić information content (AvgIpc) is 2.46. The Kier molecular flexibility index (Phi) is 5.80. The summed E-state index contributed by atoms with van der Waals surface area (Å²) >= 11 is 0. The molecular weight excluding hydrogens is 236 g/mol. The summed E-state index contributed by atoms with van der Waals surface area (Å²) in [7, 11) is 0. The first-order chi connectivity index (χ1) is 9.29. The first-order valence-electron chi connectivity index (χ1n) is 7.59. The number of hydrogen-bond donors (Lipinski definition) is 1. The molecule has 1 fully saturated rings. The van der Waals surface area contributed by atoms with Gasteiger partial charge in [0, 0.05) is 18.9 Å². The van der Waals surface area contributed by atoms with E-state index in [1.807, 2.05) is 18.5 Å². The fourth-order valence-corrected chi connectivity index (χ4v) is 2.89. The van der Waals surface area contributed by atoms with Gasteiger partial charge in [0.25, 0.3) is 0 Å². The maximum atomic E-state index is 10.2. The van der Waals surface area contributed by atoms with Crippen LogP contribution in [-0.2, 0) is 6.54 Å². The van der Waals surface area contributed by atoms with E-state index in [9.17, 15) is 5.11 Å². The molecule has 0 radical (unpaired) electrons. The van der Waals surface area contributed by atoms with Gasteiger partial charge in [-0.1, -0.05) is 25.8 Å². The van der Waals surface area contributed by atoms with E-state index in [2.05, 4.69) is 22.9 Å². The lowest BCUT2D eigenvalue weighted by Crippen LogP contribution is -2.37. The molecule has 0 bridgehead atoms. The molecule has 1 aromatic heterocycles. The quantitative estimate of drug-likeness (QED) is 0.856. The van der Waals surface area contributed by atoms with Gasteiger partial charge in [-0.25, -0.2) is 0 Å². The molecule has 0 spiro atoms. The Bertz CT molecular complexity index is 347. The highest BCUT2D eigenvalue weighted by atomic mass is 16.3. The molecule has 0 aromatic carbocycles. The van der Waals surface area contributed by atoms with Crippen LogP contribution >= 0.6 is 0 Å². The number of hydrogen-bond acceptors (Lipinski definition) is 3. The fraction of sp³-hybridized carbons (Fsp3) is 0.688. The number of rotatable bonds is 6. The third kappa shape index (κ3) is 4.59. The van der Waals surface area contributed by atoms with Crippen LogP contribution in [0.25, 0.3) is 0 Å². The Morgan fingerprint density at radius 3 is 2.84 bits per heavy atom. The second-order valence-electron chi connectivity index (χ2n) is 5.68. The smallest absolute Gasteiger partial charge is 0.0569 e. The largest absolute Gasteiger partial charge is 0.393 e. The van der Waals surface area contributed by atoms with Crippen LogP contribution in [0.1, 0.15) is 44.6 Å². The second-order valence-corrected chi connectivity index (χ2v) is 5.68. The lowest BCUT2D eigenvalue weighted by Gasteiger charge is -2.34. The normalized spacial score (nSPS) is 19.5. The summed E-state index contributed by atoms with van der Waals surface area (Å²) in [6.45, 7) is 5.38. The van der Waals surface area contributed by atoms with E-state index >= 15 is 0 Å². The van der Waals surface area contributed by atoms with E-state index in [-0.39, 0.29) is 6.10 Å². The first-order valence-corrected chi connectivity index (χ1v) is 7.59. The Balaban J connectivity index is 1.73. The summed E-state index contributed by atoms with van der Waals surface area (Å²) in [5.41, 5.74) is 1.28. The van der Waals surface area contributed by atoms with E-state index in [4.69, 9.17) is 0 Å². The van der Waals surface area contributed by atoms with Crippen LogP contribution in [0, 0.1) is 5.92 Å². The minimum atomic E-state index is -0.0829. The molecule has 3 heteroatoms. The molecule has 0 saturated carbocycles. The number of aliphatic hydroxyl groups excluding tert-OH is 1. The Labute approximate surface area is 116 Å². The summed E-state index contributed by atoms with van der Waals surface area (Å²) in [4.78, 5) is 6.63. The zero-order valence-corrected chi connectivity index (χ0v) is 12.0. The molecule has 19 heavy (non-hydrogen) atoms. The first kappa shape index (κ1) is 14.5. The number of nitrogens with zero attached hydrogens (tertiary/aromatic N) is 2. The van der Waals surface area contributed by atoms with Gasteiger partial charge in [0.2, 0.25) is 0 Å². The zero-order chi connectivity index (χ0) is 13.5. The summed E-state index contributed by atoms with van der Waals surface area (Å²) in [6.07, 6.45) is 9.25. The van der Waals surface area contributed by atoms with Crippen molar-refractivity contribution in [3.8, 4) is 0 Å². The SMILES string of the molecule is CCCCC(O)C1CCN(Cc2cccnc2)CC1. The second kappa shape index (κ2) is 7.61. The molecule has 2 rings (SSSR count). The molecule has 1 N–H and O–H groups in total. The van der Waals surface area contributed by atoms with Crippen molar-refractivity contribution in [1.29, 1.82) is 0 Å². The Morgan fingerprint density at radius 1 is 1.42 bits per heavy atom. The van der Waals surface area contributed by atoms with Crippen molar-refractivity contribution in [3.05, 3.63) is 30.1 Å². The minimum Gasteiger partial charge on any atom is -0.393 e. The van der Waals surface area contributed by atoms with Gasteiger partial charge in [-0.05, 0) is 49.9 Å². The average molecular weight is 262 g/mol. The van der Waals surface area contributed by atoms with Crippen molar-refractivity contribution in [2.75, 3.05) is 13.1 Å². The van der Waals surface area contributed by atoms with Crippen molar-refractivity contribution >= 4 is 0 Å². The maximum Gasteiger partial charge on any atom is 0.0569 e. The molecule has 0 amide bonds. The fourth-order valence-electron chi connectivity index (χ4n) is 2.89. The number of likely N-dealkylation sites (tertiary alicyclic amines) is 1. The molecule has 1 unspecified atom stereocenters. The monoisotopic (exact) mass is 262 g/mol. The van der Waals surface area contributed by atoms with Gasteiger partial charge < -0.3 is 5.11 Å². The standard InChI is InChI=1S/C16H26N2O/c1-2-3-6-16(19)15-7-10-18(11-8-15)13-14-5-4-9-17-12-14/h4-5,9,12,15-16,19H,2-3,6-8,10-11,13H2,1H3. The predicted molar refractivity (Wildman–Crippen MR) is 77.8 cm³/mol. The molecule has 106 valence electrons. The van der Waals surface area contributed by atoms with Crippen molar-refractivity contribution < 1.29 is 5.11 Å². The highest BCUT2D eigenvalue weighted by Crippen LogP contribution is 2.24. The molecular formula is C16H26N2O. The van der Waals surface area contributed by atoms with Crippen LogP contribution in [0.5, 0.6) is 0 Å². The van der Waals surface area contributed by atoms with Gasteiger partial charge in [0.15, 0.2) is 0 Å². The third-order valence-electron chi connectivity index (χ3n) is 4.16. The van der Waals surface area contributed by atoms with E-state index in [0.717, 1.165) is 45.3 Å². The van der Waals surface area contributed by atoms with E-state index < -0.39 is 0 Å². The van der Waals surface area contributed by atoms with Crippen molar-refractivity contribution in [3.63, 3.8) is 0 Å². The molecule has 1 saturated heterocycles. The van der Waals surface area contributed by atoms with E-state index in [1.165, 1.54) is 12.0 Å². The van der Waals surface area contributed by atoms with Crippen LogP contribution in [0.4, 0.5) is 0 Å². The number of aromatic nitrogens is 1. The van der Waals surface area contributed by atoms with Gasteiger partial charge in [-0.3, -0.25) is 9.88 Å². The summed E-state index contributed by atoms with van der Waals surface area (Å²) in [5.74, 6) is 0.511. The molecule has 1 aliphatic heterocycles. The zero-order valence-electron chi connectivity index (χ0n) is 12.0. The highest BCUT2D eigenvalue weighted by molar-refractivity contribution is 5.08. The topological polar surface area (TPSA) is 36.4 Å². The van der Waals surface area contributed by atoms with E-state index in [0.29, 0.717) is 5.92 Å². The molecule has 1 aliphatic rings. The van der Waals surface area contributed by atoms with Crippen molar-refractivity contribution in [1.82, 2.24) is 9.88 Å². The van der Waals surface area contributed by atoms with Gasteiger partial charge in [0.05, 0.1) is 6.10 Å². The molecule has 1 aromatic rings. The van der Waals surface area contributed by atoms with Gasteiger partial charge in [0.1, 0.15) is 0 Å². The van der Waals surface area contributed by atoms with Gasteiger partial charge in [-0.15, -0.1) is 0 Å². The lowest BCUT2D eigenvalue weighted by molar-refractivity contribution is 0.0502. The van der Waals surface area contributed by atoms with Gasteiger partial charge in [-0.2, -0.15) is 0 Å². The molecule has 3 nitrogen and oxygen atoms in total. The number of pyridine rings is 1. The van der Waals surface area contributed by atoms with Crippen molar-refractivity contribution in [2.24, 2.45) is 5.92 Å². The van der Waals surface area contributed by atoms with Crippen LogP contribution in [0.15, 0.2) is 24.5 Å². The summed E-state index contributed by atoms with van der Waals surface area (Å²) in [5, 5.41) is 10.2. The Hall–Kier alpha value is -0.930. The minimum absolute atomic E-state index is 0.0829. The van der Waals surface area contributed by atoms with Crippen molar-refractivity contribution in [2.45, 2.75) is 51.7 Å². The van der Waals surface area contributed by atoms with Crippen LogP contribution < -0.4 is 0 Å².